The summed E-state index contributed by atoms with van der Waals surface area (Å²) in [5, 5.41) is -0.324. The summed E-state index contributed by atoms with van der Waals surface area (Å²) in [5.74, 6) is 2.63. The zero-order valence-corrected chi connectivity index (χ0v) is 35.7. The number of fused-ring (bicyclic) bond motifs is 1. The van der Waals surface area contributed by atoms with Gasteiger partial charge in [-0.25, -0.2) is 9.59 Å². The molecular weight excluding hydrogens is 768 g/mol. The van der Waals surface area contributed by atoms with Gasteiger partial charge in [0.15, 0.2) is 34.5 Å². The van der Waals surface area contributed by atoms with Gasteiger partial charge in [0.2, 0.25) is 0 Å². The van der Waals surface area contributed by atoms with Gasteiger partial charge in [-0.05, 0) is 53.6 Å². The van der Waals surface area contributed by atoms with Crippen LogP contribution >= 0.6 is 11.6 Å². The van der Waals surface area contributed by atoms with E-state index in [2.05, 4.69) is 25.2 Å². The Bertz CT molecular complexity index is 1900. The van der Waals surface area contributed by atoms with Crippen molar-refractivity contribution in [1.29, 1.82) is 0 Å². The largest absolute Gasteiger partial charge is 0.493 e. The maximum Gasteiger partial charge on any atom is 0.350 e. The Morgan fingerprint density at radius 2 is 1.26 bits per heavy atom. The van der Waals surface area contributed by atoms with Gasteiger partial charge >= 0.3 is 11.9 Å². The summed E-state index contributed by atoms with van der Waals surface area (Å²) in [7, 11) is 12.0. The summed E-state index contributed by atoms with van der Waals surface area (Å²) in [6, 6.07) is 16.2. The number of carbonyl (C=O) groups is 2. The molecule has 2 aliphatic rings. The van der Waals surface area contributed by atoms with Crippen molar-refractivity contribution in [2.75, 3.05) is 109 Å². The molecule has 14 heteroatoms. The number of hydrogen-bond acceptors (Lipinski definition) is 11. The molecule has 1 unspecified atom stereocenters. The molecule has 2 heterocycles. The first-order valence-electron chi connectivity index (χ1n) is 19.7. The summed E-state index contributed by atoms with van der Waals surface area (Å²) in [4.78, 5) is 25.5. The third-order valence-corrected chi connectivity index (χ3v) is 11.7. The molecule has 316 valence electrons. The summed E-state index contributed by atoms with van der Waals surface area (Å²) < 4.78 is 51.5. The third kappa shape index (κ3) is 11.1. The first kappa shape index (κ1) is 44.4. The number of ether oxygens (including phenoxy) is 9. The number of methoxy groups -OCH3 is 6. The van der Waals surface area contributed by atoms with Crippen molar-refractivity contribution in [3.05, 3.63) is 81.9 Å². The summed E-state index contributed by atoms with van der Waals surface area (Å²) in [6.07, 6.45) is 3.77. The van der Waals surface area contributed by atoms with Gasteiger partial charge < -0.3 is 51.6 Å². The molecule has 3 aromatic rings. The number of hydrogen-bond donors (Lipinski definition) is 0. The number of quaternary nitrogens is 2. The molecule has 58 heavy (non-hydrogen) atoms. The molecular formula is C44H59ClN2O11+2. The molecule has 2 aliphatic heterocycles. The van der Waals surface area contributed by atoms with Crippen LogP contribution in [-0.2, 0) is 43.2 Å². The molecule has 0 amide bonds. The normalized spacial score (nSPS) is 18.7. The van der Waals surface area contributed by atoms with Crippen LogP contribution in [0.15, 0.2) is 59.6 Å². The van der Waals surface area contributed by atoms with Gasteiger partial charge in [0.25, 0.3) is 0 Å². The number of halogens is 1. The fourth-order valence-electron chi connectivity index (χ4n) is 8.15. The molecule has 3 aromatic carbocycles. The lowest BCUT2D eigenvalue weighted by molar-refractivity contribution is -0.947. The standard InChI is InChI=1S/C44H59ClN2O11/c1-46(17-14-33-27-41(54-6)42(55-7)28-34(33)36(46)24-31-10-12-37(50-2)39(25-31)52-4)15-8-21-58-44(49)35(45)29-43(48)57-20-9-16-47(18-22-56-23-19-47)30-32-11-13-38(51-3)40(26-32)53-5/h10-13,25-29,36H,8-9,14-24,30H2,1-7H3/q+2/b35-29-/t36-,46?/m1/s1. The van der Waals surface area contributed by atoms with Crippen molar-refractivity contribution < 1.29 is 61.2 Å². The molecule has 1 fully saturated rings. The number of nitrogens with zero attached hydrogens (tertiary/aromatic N) is 2. The second-order valence-electron chi connectivity index (χ2n) is 15.0. The minimum atomic E-state index is -0.767. The molecule has 0 N–H and O–H groups in total. The van der Waals surface area contributed by atoms with Crippen LogP contribution in [0, 0.1) is 0 Å². The highest BCUT2D eigenvalue weighted by Gasteiger charge is 2.40. The molecule has 5 rings (SSSR count). The minimum absolute atomic E-state index is 0.0571. The topological polar surface area (TPSA) is 117 Å². The van der Waals surface area contributed by atoms with E-state index < -0.39 is 11.9 Å². The highest BCUT2D eigenvalue weighted by atomic mass is 35.5. The second kappa shape index (κ2) is 20.8. The maximum absolute atomic E-state index is 12.8. The van der Waals surface area contributed by atoms with E-state index in [0.717, 1.165) is 73.8 Å². The Morgan fingerprint density at radius 3 is 1.90 bits per heavy atom. The molecule has 0 saturated carbocycles. The molecule has 0 radical (unpaired) electrons. The highest BCUT2D eigenvalue weighted by Crippen LogP contribution is 2.43. The SMILES string of the molecule is COc1ccc(C[C@@H]2c3cc(OC)c(OC)cc3CC[N+]2(C)CCCOC(=O)/C(Cl)=C/C(=O)OCCC[N+]2(Cc3ccc(OC)c(OC)c3)CCOCC2)cc1OC. The molecule has 0 aliphatic carbocycles. The molecule has 0 bridgehead atoms. The fraction of sp³-hybridized carbons (Fsp3) is 0.500. The monoisotopic (exact) mass is 826 g/mol. The Morgan fingerprint density at radius 1 is 0.707 bits per heavy atom. The zero-order valence-electron chi connectivity index (χ0n) is 34.9. The van der Waals surface area contributed by atoms with Crippen molar-refractivity contribution in [2.24, 2.45) is 0 Å². The van der Waals surface area contributed by atoms with Crippen LogP contribution in [0.1, 0.15) is 41.1 Å². The van der Waals surface area contributed by atoms with E-state index >= 15 is 0 Å². The predicted molar refractivity (Wildman–Crippen MR) is 219 cm³/mol. The van der Waals surface area contributed by atoms with Gasteiger partial charge in [-0.15, -0.1) is 0 Å². The van der Waals surface area contributed by atoms with Gasteiger partial charge in [0.05, 0.1) is 95.8 Å². The van der Waals surface area contributed by atoms with Crippen LogP contribution in [-0.4, -0.2) is 130 Å². The van der Waals surface area contributed by atoms with Gasteiger partial charge in [0.1, 0.15) is 30.7 Å². The fourth-order valence-corrected chi connectivity index (χ4v) is 8.30. The molecule has 13 nitrogen and oxygen atoms in total. The van der Waals surface area contributed by atoms with Crippen molar-refractivity contribution in [3.63, 3.8) is 0 Å². The Kier molecular flexibility index (Phi) is 16.0. The Hall–Kier alpha value is -4.69. The van der Waals surface area contributed by atoms with E-state index in [4.69, 9.17) is 54.2 Å². The molecule has 2 atom stereocenters. The average molecular weight is 827 g/mol. The van der Waals surface area contributed by atoms with Crippen LogP contribution in [0.2, 0.25) is 0 Å². The van der Waals surface area contributed by atoms with E-state index in [1.165, 1.54) is 11.1 Å². The minimum Gasteiger partial charge on any atom is -0.493 e. The van der Waals surface area contributed by atoms with Gasteiger partial charge in [-0.1, -0.05) is 17.7 Å². The summed E-state index contributed by atoms with van der Waals surface area (Å²) >= 11 is 6.25. The van der Waals surface area contributed by atoms with Crippen LogP contribution in [0.3, 0.4) is 0 Å². The van der Waals surface area contributed by atoms with E-state index in [-0.39, 0.29) is 24.3 Å². The van der Waals surface area contributed by atoms with E-state index in [1.807, 2.05) is 30.3 Å². The van der Waals surface area contributed by atoms with Gasteiger partial charge in [-0.2, -0.15) is 0 Å². The summed E-state index contributed by atoms with van der Waals surface area (Å²) in [6.45, 7) is 6.47. The maximum atomic E-state index is 12.8. The summed E-state index contributed by atoms with van der Waals surface area (Å²) in [5.41, 5.74) is 4.62. The quantitative estimate of drug-likeness (QED) is 0.0573. The van der Waals surface area contributed by atoms with Gasteiger partial charge in [0, 0.05) is 42.9 Å². The van der Waals surface area contributed by atoms with Crippen molar-refractivity contribution >= 4 is 23.5 Å². The second-order valence-corrected chi connectivity index (χ2v) is 15.4. The van der Waals surface area contributed by atoms with Crippen molar-refractivity contribution in [1.82, 2.24) is 0 Å². The van der Waals surface area contributed by atoms with Crippen molar-refractivity contribution in [3.8, 4) is 34.5 Å². The third-order valence-electron chi connectivity index (χ3n) is 11.4. The smallest absolute Gasteiger partial charge is 0.350 e. The van der Waals surface area contributed by atoms with E-state index in [1.54, 1.807) is 42.7 Å². The van der Waals surface area contributed by atoms with Crippen molar-refractivity contribution in [2.45, 2.75) is 38.3 Å². The lowest BCUT2D eigenvalue weighted by atomic mass is 9.86. The average Bonchev–Trinajstić information content (AvgIpc) is 3.24. The Labute approximate surface area is 347 Å². The number of esters is 2. The van der Waals surface area contributed by atoms with E-state index in [0.29, 0.717) is 65.0 Å². The molecule has 0 aromatic heterocycles. The predicted octanol–water partition coefficient (Wildman–Crippen LogP) is 6.06. The molecule has 0 spiro atoms. The lowest BCUT2D eigenvalue weighted by Crippen LogP contribution is -2.55. The van der Waals surface area contributed by atoms with Gasteiger partial charge in [-0.3, -0.25) is 0 Å². The van der Waals surface area contributed by atoms with Crippen LogP contribution in [0.4, 0.5) is 0 Å². The van der Waals surface area contributed by atoms with E-state index in [9.17, 15) is 9.59 Å². The first-order chi connectivity index (χ1) is 28.0. The van der Waals surface area contributed by atoms with Crippen LogP contribution in [0.25, 0.3) is 0 Å². The number of likely N-dealkylation sites (N-methyl/N-ethyl adjacent to an activating group) is 1. The Balaban J connectivity index is 1.15. The number of rotatable bonds is 20. The highest BCUT2D eigenvalue weighted by molar-refractivity contribution is 6.42. The first-order valence-corrected chi connectivity index (χ1v) is 20.0. The number of carbonyl (C=O) groups excluding carboxylic acids is 2. The lowest BCUT2D eigenvalue weighted by Gasteiger charge is -2.46. The number of benzene rings is 3. The number of morpholine rings is 1. The van der Waals surface area contributed by atoms with Crippen LogP contribution in [0.5, 0.6) is 34.5 Å². The zero-order chi connectivity index (χ0) is 41.7. The molecule has 1 saturated heterocycles. The van der Waals surface area contributed by atoms with Crippen LogP contribution < -0.4 is 28.4 Å².